The van der Waals surface area contributed by atoms with Gasteiger partial charge in [0.2, 0.25) is 0 Å². The fraction of sp³-hybridized carbons (Fsp3) is 0.875. The van der Waals surface area contributed by atoms with Crippen LogP contribution in [0.5, 0.6) is 0 Å². The van der Waals surface area contributed by atoms with Crippen LogP contribution in [0.25, 0.3) is 0 Å². The lowest BCUT2D eigenvalue weighted by molar-refractivity contribution is 0.0579. The van der Waals surface area contributed by atoms with Crippen LogP contribution in [0.3, 0.4) is 0 Å². The van der Waals surface area contributed by atoms with Crippen LogP contribution in [0, 0.1) is 6.61 Å². The molecule has 1 rings (SSSR count). The molecule has 0 spiro atoms. The minimum atomic E-state index is 0.331. The van der Waals surface area contributed by atoms with Gasteiger partial charge >= 0.3 is 0 Å². The highest BCUT2D eigenvalue weighted by Gasteiger charge is 2.21. The van der Waals surface area contributed by atoms with E-state index in [1.807, 2.05) is 0 Å². The van der Waals surface area contributed by atoms with Crippen LogP contribution in [0.15, 0.2) is 0 Å². The Hall–Kier alpha value is -0.160. The Morgan fingerprint density at radius 3 is 3.00 bits per heavy atom. The van der Waals surface area contributed by atoms with Gasteiger partial charge in [-0.15, -0.1) is 0 Å². The maximum absolute atomic E-state index is 5.19. The molecule has 1 fully saturated rings. The SMILES string of the molecule is COCCO[CH]COCC1CO1. The molecule has 0 saturated carbocycles. The first-order valence-corrected chi connectivity index (χ1v) is 4.05. The zero-order valence-electron chi connectivity index (χ0n) is 7.32. The largest absolute Gasteiger partial charge is 0.382 e. The summed E-state index contributed by atoms with van der Waals surface area (Å²) in [5.74, 6) is 0. The minimum absolute atomic E-state index is 0.331. The van der Waals surface area contributed by atoms with E-state index in [9.17, 15) is 0 Å². The Labute approximate surface area is 72.7 Å². The molecular formula is C8H15O4. The van der Waals surface area contributed by atoms with Crippen molar-refractivity contribution >= 4 is 0 Å². The zero-order chi connectivity index (χ0) is 8.65. The number of epoxide rings is 1. The van der Waals surface area contributed by atoms with Crippen LogP contribution in [0.2, 0.25) is 0 Å². The van der Waals surface area contributed by atoms with Crippen molar-refractivity contribution in [1.82, 2.24) is 0 Å². The van der Waals surface area contributed by atoms with Crippen molar-refractivity contribution in [1.29, 1.82) is 0 Å². The number of methoxy groups -OCH3 is 1. The number of rotatable bonds is 8. The van der Waals surface area contributed by atoms with Gasteiger partial charge in [-0.25, -0.2) is 0 Å². The van der Waals surface area contributed by atoms with Crippen LogP contribution in [-0.2, 0) is 18.9 Å². The van der Waals surface area contributed by atoms with Gasteiger partial charge in [0.1, 0.15) is 12.7 Å². The number of hydrogen-bond donors (Lipinski definition) is 0. The van der Waals surface area contributed by atoms with Crippen molar-refractivity contribution in [3.8, 4) is 0 Å². The fourth-order valence-corrected chi connectivity index (χ4v) is 0.675. The van der Waals surface area contributed by atoms with Crippen molar-refractivity contribution in [2.45, 2.75) is 6.10 Å². The van der Waals surface area contributed by atoms with Crippen molar-refractivity contribution in [2.75, 3.05) is 40.1 Å². The standard InChI is InChI=1S/C8H15O4/c1-9-2-3-10-4-5-11-6-8-7-12-8/h4,8H,2-3,5-7H2,1H3. The van der Waals surface area contributed by atoms with Gasteiger partial charge in [0.05, 0.1) is 33.0 Å². The molecule has 4 heteroatoms. The molecule has 0 aliphatic carbocycles. The van der Waals surface area contributed by atoms with Gasteiger partial charge in [-0.3, -0.25) is 0 Å². The Morgan fingerprint density at radius 2 is 2.33 bits per heavy atom. The van der Waals surface area contributed by atoms with Crippen LogP contribution >= 0.6 is 0 Å². The predicted octanol–water partition coefficient (Wildman–Crippen LogP) is 0.227. The quantitative estimate of drug-likeness (QED) is 0.391. The molecule has 0 N–H and O–H groups in total. The summed E-state index contributed by atoms with van der Waals surface area (Å²) in [4.78, 5) is 0. The Bertz CT molecular complexity index is 103. The summed E-state index contributed by atoms with van der Waals surface area (Å²) >= 11 is 0. The third-order valence-corrected chi connectivity index (χ3v) is 1.42. The van der Waals surface area contributed by atoms with Crippen LogP contribution in [0.4, 0.5) is 0 Å². The van der Waals surface area contributed by atoms with E-state index in [2.05, 4.69) is 0 Å². The van der Waals surface area contributed by atoms with Crippen molar-refractivity contribution in [3.05, 3.63) is 6.61 Å². The van der Waals surface area contributed by atoms with Crippen molar-refractivity contribution < 1.29 is 18.9 Å². The highest BCUT2D eigenvalue weighted by Crippen LogP contribution is 2.08. The molecule has 1 unspecified atom stereocenters. The first-order valence-electron chi connectivity index (χ1n) is 4.05. The van der Waals surface area contributed by atoms with Gasteiger partial charge in [0.25, 0.3) is 0 Å². The lowest BCUT2D eigenvalue weighted by Crippen LogP contribution is -2.06. The molecule has 0 aromatic rings. The van der Waals surface area contributed by atoms with Gasteiger partial charge in [0, 0.05) is 7.11 Å². The van der Waals surface area contributed by atoms with E-state index in [1.54, 1.807) is 13.7 Å². The molecule has 0 aromatic carbocycles. The first-order chi connectivity index (χ1) is 5.93. The van der Waals surface area contributed by atoms with Gasteiger partial charge < -0.3 is 18.9 Å². The minimum Gasteiger partial charge on any atom is -0.382 e. The van der Waals surface area contributed by atoms with E-state index in [1.165, 1.54) is 0 Å². The lowest BCUT2D eigenvalue weighted by Gasteiger charge is -2.02. The van der Waals surface area contributed by atoms with E-state index in [4.69, 9.17) is 18.9 Å². The average Bonchev–Trinajstić information content (AvgIpc) is 2.87. The Kier molecular flexibility index (Phi) is 5.27. The normalized spacial score (nSPS) is 21.2. The monoisotopic (exact) mass is 175 g/mol. The van der Waals surface area contributed by atoms with E-state index in [0.29, 0.717) is 32.5 Å². The van der Waals surface area contributed by atoms with Gasteiger partial charge in [-0.2, -0.15) is 0 Å². The molecule has 71 valence electrons. The summed E-state index contributed by atoms with van der Waals surface area (Å²) in [5, 5.41) is 0. The van der Waals surface area contributed by atoms with Crippen LogP contribution < -0.4 is 0 Å². The summed E-state index contributed by atoms with van der Waals surface area (Å²) < 4.78 is 20.0. The van der Waals surface area contributed by atoms with Crippen molar-refractivity contribution in [2.24, 2.45) is 0 Å². The maximum Gasteiger partial charge on any atom is 0.109 e. The average molecular weight is 175 g/mol. The van der Waals surface area contributed by atoms with E-state index in [0.717, 1.165) is 6.61 Å². The van der Waals surface area contributed by atoms with Crippen LogP contribution in [-0.4, -0.2) is 46.2 Å². The fourth-order valence-electron chi connectivity index (χ4n) is 0.675. The molecule has 1 saturated heterocycles. The molecule has 0 bridgehead atoms. The van der Waals surface area contributed by atoms with Gasteiger partial charge in [-0.1, -0.05) is 0 Å². The maximum atomic E-state index is 5.19. The Morgan fingerprint density at radius 1 is 1.50 bits per heavy atom. The molecule has 1 aliphatic heterocycles. The zero-order valence-corrected chi connectivity index (χ0v) is 7.32. The van der Waals surface area contributed by atoms with E-state index >= 15 is 0 Å². The third kappa shape index (κ3) is 5.49. The summed E-state index contributed by atoms with van der Waals surface area (Å²) in [6, 6.07) is 0. The molecule has 0 aromatic heterocycles. The second-order valence-corrected chi connectivity index (χ2v) is 2.52. The number of hydrogen-bond acceptors (Lipinski definition) is 4. The summed E-state index contributed by atoms with van der Waals surface area (Å²) in [7, 11) is 1.64. The van der Waals surface area contributed by atoms with Gasteiger partial charge in [0.15, 0.2) is 0 Å². The predicted molar refractivity (Wildman–Crippen MR) is 42.7 cm³/mol. The molecule has 1 aliphatic rings. The van der Waals surface area contributed by atoms with Gasteiger partial charge in [-0.05, 0) is 0 Å². The molecule has 1 atom stereocenters. The molecule has 1 radical (unpaired) electrons. The second-order valence-electron chi connectivity index (χ2n) is 2.52. The molecule has 1 heterocycles. The highest BCUT2D eigenvalue weighted by atomic mass is 16.6. The van der Waals surface area contributed by atoms with E-state index < -0.39 is 0 Å². The topological polar surface area (TPSA) is 40.2 Å². The third-order valence-electron chi connectivity index (χ3n) is 1.42. The van der Waals surface area contributed by atoms with E-state index in [-0.39, 0.29) is 0 Å². The summed E-state index contributed by atoms with van der Waals surface area (Å²) in [6.07, 6.45) is 0.331. The molecule has 4 nitrogen and oxygen atoms in total. The molecular weight excluding hydrogens is 160 g/mol. The van der Waals surface area contributed by atoms with Crippen LogP contribution in [0.1, 0.15) is 0 Å². The highest BCUT2D eigenvalue weighted by molar-refractivity contribution is 4.67. The first kappa shape index (κ1) is 9.92. The molecule has 12 heavy (non-hydrogen) atoms. The Balaban J connectivity index is 1.65. The summed E-state index contributed by atoms with van der Waals surface area (Å²) in [5.41, 5.74) is 0. The number of ether oxygens (including phenoxy) is 4. The summed E-state index contributed by atoms with van der Waals surface area (Å²) in [6.45, 7) is 4.86. The van der Waals surface area contributed by atoms with Crippen molar-refractivity contribution in [3.63, 3.8) is 0 Å². The second kappa shape index (κ2) is 6.37. The lowest BCUT2D eigenvalue weighted by atomic mass is 10.5. The molecule has 0 amide bonds. The smallest absolute Gasteiger partial charge is 0.109 e.